The van der Waals surface area contributed by atoms with Crippen LogP contribution >= 0.6 is 11.6 Å². The van der Waals surface area contributed by atoms with Gasteiger partial charge in [0.05, 0.1) is 22.2 Å². The van der Waals surface area contributed by atoms with E-state index in [4.69, 9.17) is 11.6 Å². The van der Waals surface area contributed by atoms with Crippen molar-refractivity contribution in [1.82, 2.24) is 15.1 Å². The van der Waals surface area contributed by atoms with Crippen LogP contribution in [-0.2, 0) is 0 Å². The lowest BCUT2D eigenvalue weighted by Gasteiger charge is -2.24. The van der Waals surface area contributed by atoms with E-state index in [0.717, 1.165) is 17.7 Å². The number of carbonyl (C=O) groups excluding carboxylic acids is 2. The molecule has 1 N–H and O–H groups in total. The van der Waals surface area contributed by atoms with E-state index in [1.807, 2.05) is 36.5 Å². The van der Waals surface area contributed by atoms with Gasteiger partial charge in [0.1, 0.15) is 11.6 Å². The Morgan fingerprint density at radius 3 is 2.41 bits per heavy atom. The maximum Gasteiger partial charge on any atom is 0.262 e. The summed E-state index contributed by atoms with van der Waals surface area (Å²) in [5.74, 6) is -1.90. The lowest BCUT2D eigenvalue weighted by Crippen LogP contribution is -2.34. The van der Waals surface area contributed by atoms with Crippen molar-refractivity contribution >= 4 is 23.4 Å². The fourth-order valence-corrected chi connectivity index (χ4v) is 5.29. The first-order valence-electron chi connectivity index (χ1n) is 12.2. The normalized spacial score (nSPS) is 17.9. The number of nitrogens with zero attached hydrogens (tertiary/aromatic N) is 2. The van der Waals surface area contributed by atoms with E-state index in [-0.39, 0.29) is 28.1 Å². The average Bonchev–Trinajstić information content (AvgIpc) is 3.46. The highest BCUT2D eigenvalue weighted by Gasteiger charge is 2.36. The summed E-state index contributed by atoms with van der Waals surface area (Å²) < 4.78 is 28.4. The van der Waals surface area contributed by atoms with Crippen molar-refractivity contribution in [2.24, 2.45) is 5.92 Å². The van der Waals surface area contributed by atoms with E-state index in [9.17, 15) is 18.4 Å². The molecule has 0 saturated carbocycles. The zero-order valence-electron chi connectivity index (χ0n) is 20.0. The first kappa shape index (κ1) is 25.1. The van der Waals surface area contributed by atoms with Crippen molar-refractivity contribution in [3.05, 3.63) is 118 Å². The Bertz CT molecular complexity index is 1330. The van der Waals surface area contributed by atoms with Gasteiger partial charge in [-0.2, -0.15) is 0 Å². The molecule has 2 aliphatic rings. The molecule has 3 aromatic carbocycles. The topological polar surface area (TPSA) is 52.7 Å². The molecule has 190 valence electrons. The average molecular weight is 522 g/mol. The molecule has 37 heavy (non-hydrogen) atoms. The van der Waals surface area contributed by atoms with E-state index in [0.29, 0.717) is 26.1 Å². The van der Waals surface area contributed by atoms with Gasteiger partial charge in [-0.15, -0.1) is 0 Å². The minimum absolute atomic E-state index is 0.0176. The summed E-state index contributed by atoms with van der Waals surface area (Å²) in [5.41, 5.74) is 1.98. The van der Waals surface area contributed by atoms with Crippen LogP contribution in [0.5, 0.6) is 0 Å². The summed E-state index contributed by atoms with van der Waals surface area (Å²) >= 11 is 6.08. The number of benzene rings is 3. The lowest BCUT2D eigenvalue weighted by molar-refractivity contribution is 0.0816. The smallest absolute Gasteiger partial charge is 0.262 e. The Balaban J connectivity index is 1.23. The van der Waals surface area contributed by atoms with Gasteiger partial charge >= 0.3 is 0 Å². The molecule has 1 fully saturated rings. The van der Waals surface area contributed by atoms with Crippen molar-refractivity contribution in [2.45, 2.75) is 12.5 Å². The molecule has 3 aromatic rings. The van der Waals surface area contributed by atoms with Gasteiger partial charge < -0.3 is 10.2 Å². The summed E-state index contributed by atoms with van der Waals surface area (Å²) in [4.78, 5) is 29.5. The van der Waals surface area contributed by atoms with Crippen LogP contribution in [0.15, 0.2) is 84.6 Å². The van der Waals surface area contributed by atoms with Crippen molar-refractivity contribution in [3.63, 3.8) is 0 Å². The predicted octanol–water partition coefficient (Wildman–Crippen LogP) is 5.45. The summed E-state index contributed by atoms with van der Waals surface area (Å²) in [6, 6.07) is 19.5. The van der Waals surface area contributed by atoms with Gasteiger partial charge in [-0.3, -0.25) is 14.5 Å². The molecule has 2 amide bonds. The quantitative estimate of drug-likeness (QED) is 0.450. The highest BCUT2D eigenvalue weighted by molar-refractivity contribution is 6.33. The highest BCUT2D eigenvalue weighted by Crippen LogP contribution is 2.32. The molecule has 5 nitrogen and oxygen atoms in total. The van der Waals surface area contributed by atoms with Gasteiger partial charge in [-0.1, -0.05) is 60.1 Å². The van der Waals surface area contributed by atoms with Gasteiger partial charge in [0.25, 0.3) is 11.8 Å². The number of hydrogen-bond acceptors (Lipinski definition) is 3. The van der Waals surface area contributed by atoms with Crippen LogP contribution in [0.4, 0.5) is 8.78 Å². The zero-order valence-corrected chi connectivity index (χ0v) is 20.8. The number of likely N-dealkylation sites (tertiary alicyclic amines) is 1. The van der Waals surface area contributed by atoms with Crippen molar-refractivity contribution in [1.29, 1.82) is 0 Å². The van der Waals surface area contributed by atoms with Crippen molar-refractivity contribution in [2.75, 3.05) is 26.2 Å². The van der Waals surface area contributed by atoms with Crippen LogP contribution in [0.25, 0.3) is 0 Å². The zero-order chi connectivity index (χ0) is 25.9. The van der Waals surface area contributed by atoms with Gasteiger partial charge in [-0.25, -0.2) is 8.78 Å². The van der Waals surface area contributed by atoms with Crippen LogP contribution < -0.4 is 5.32 Å². The second-order valence-electron chi connectivity index (χ2n) is 9.40. The summed E-state index contributed by atoms with van der Waals surface area (Å²) in [7, 11) is 0. The minimum Gasteiger partial charge on any atom is -0.345 e. The number of fused-ring (bicyclic) bond motifs is 1. The second-order valence-corrected chi connectivity index (χ2v) is 9.80. The number of amides is 2. The molecule has 1 unspecified atom stereocenters. The lowest BCUT2D eigenvalue weighted by atomic mass is 10.0. The first-order valence-corrected chi connectivity index (χ1v) is 12.6. The molecule has 0 aromatic heterocycles. The number of carbonyl (C=O) groups is 2. The van der Waals surface area contributed by atoms with Crippen molar-refractivity contribution in [3.8, 4) is 0 Å². The first-order chi connectivity index (χ1) is 17.9. The molecule has 0 aliphatic carbocycles. The maximum atomic E-state index is 14.2. The van der Waals surface area contributed by atoms with Gasteiger partial charge in [0, 0.05) is 38.3 Å². The monoisotopic (exact) mass is 521 g/mol. The third-order valence-electron chi connectivity index (χ3n) is 6.95. The Morgan fingerprint density at radius 2 is 1.68 bits per heavy atom. The Morgan fingerprint density at radius 1 is 0.946 bits per heavy atom. The summed E-state index contributed by atoms with van der Waals surface area (Å²) in [6.45, 7) is 2.62. The molecule has 1 saturated heterocycles. The Kier molecular flexibility index (Phi) is 7.35. The molecule has 8 heteroatoms. The van der Waals surface area contributed by atoms with Gasteiger partial charge in [0.2, 0.25) is 0 Å². The number of rotatable bonds is 7. The van der Waals surface area contributed by atoms with Gasteiger partial charge in [-0.05, 0) is 41.8 Å². The molecular weight excluding hydrogens is 496 g/mol. The number of halogens is 3. The van der Waals surface area contributed by atoms with Gasteiger partial charge in [0.15, 0.2) is 0 Å². The van der Waals surface area contributed by atoms with Crippen LogP contribution in [0, 0.1) is 17.6 Å². The highest BCUT2D eigenvalue weighted by atomic mass is 35.5. The largest absolute Gasteiger partial charge is 0.345 e. The molecule has 2 atom stereocenters. The SMILES string of the molecule is O=C(N[C@@H](CCN1CC2=CN(C(=O)c3c(F)cccc3Cl)CC2C1)c1ccccc1)c1ccccc1F. The molecule has 5 rings (SSSR count). The summed E-state index contributed by atoms with van der Waals surface area (Å²) in [5, 5.41) is 3.10. The Labute approximate surface area is 219 Å². The molecule has 0 bridgehead atoms. The number of hydrogen-bond donors (Lipinski definition) is 1. The molecule has 0 radical (unpaired) electrons. The second kappa shape index (κ2) is 10.8. The molecular formula is C29H26ClF2N3O2. The minimum atomic E-state index is -0.626. The van der Waals surface area contributed by atoms with E-state index in [1.54, 1.807) is 17.0 Å². The fraction of sp³-hybridized carbons (Fsp3) is 0.241. The molecule has 2 aliphatic heterocycles. The fourth-order valence-electron chi connectivity index (χ4n) is 5.05. The van der Waals surface area contributed by atoms with Crippen LogP contribution in [0.2, 0.25) is 5.02 Å². The van der Waals surface area contributed by atoms with Crippen LogP contribution in [0.1, 0.15) is 38.7 Å². The standard InChI is InChI=1S/C29H26ClF2N3O2/c30-23-10-6-12-25(32)27(23)29(37)35-17-20-15-34(16-21(20)18-35)14-13-26(19-7-2-1-3-8-19)33-28(36)22-9-4-5-11-24(22)31/h1-12,17,21,26H,13-16,18H2,(H,33,36)/t21?,26-/m0/s1. The Hall–Kier alpha value is -3.55. The predicted molar refractivity (Wildman–Crippen MR) is 138 cm³/mol. The van der Waals surface area contributed by atoms with Crippen LogP contribution in [-0.4, -0.2) is 47.8 Å². The third-order valence-corrected chi connectivity index (χ3v) is 7.26. The third kappa shape index (κ3) is 5.43. The van der Waals surface area contributed by atoms with E-state index >= 15 is 0 Å². The molecule has 2 heterocycles. The van der Waals surface area contributed by atoms with E-state index < -0.39 is 23.4 Å². The van der Waals surface area contributed by atoms with Crippen molar-refractivity contribution < 1.29 is 18.4 Å². The maximum absolute atomic E-state index is 14.2. The van der Waals surface area contributed by atoms with E-state index in [2.05, 4.69) is 10.2 Å². The summed E-state index contributed by atoms with van der Waals surface area (Å²) in [6.07, 6.45) is 2.45. The van der Waals surface area contributed by atoms with Crippen LogP contribution in [0.3, 0.4) is 0 Å². The number of nitrogens with one attached hydrogen (secondary N) is 1. The van der Waals surface area contributed by atoms with E-state index in [1.165, 1.54) is 30.3 Å². The molecule has 0 spiro atoms.